The molecular formula is C13H16N2O3. The molecule has 1 heterocycles. The topological polar surface area (TPSA) is 64.3 Å². The second kappa shape index (κ2) is 4.78. The van der Waals surface area contributed by atoms with E-state index in [9.17, 15) is 9.90 Å². The number of ether oxygens (including phenoxy) is 1. The Balaban J connectivity index is 2.51. The molecule has 0 spiro atoms. The quantitative estimate of drug-likeness (QED) is 0.836. The van der Waals surface area contributed by atoms with Gasteiger partial charge in [0.2, 0.25) is 0 Å². The molecule has 0 bridgehead atoms. The number of aromatic nitrogens is 2. The third-order valence-electron chi connectivity index (χ3n) is 2.97. The smallest absolute Gasteiger partial charge is 0.339 e. The van der Waals surface area contributed by atoms with E-state index in [-0.39, 0.29) is 6.61 Å². The van der Waals surface area contributed by atoms with Gasteiger partial charge in [-0.3, -0.25) is 0 Å². The van der Waals surface area contributed by atoms with Crippen LogP contribution in [0.4, 0.5) is 0 Å². The number of esters is 1. The SMILES string of the molecule is CCOC(=O)C(O)c1cccc2c1nc(C)n2C. The number of benzene rings is 1. The summed E-state index contributed by atoms with van der Waals surface area (Å²) in [5.74, 6) is 0.182. The molecule has 1 unspecified atom stereocenters. The van der Waals surface area contributed by atoms with Crippen LogP contribution in [-0.2, 0) is 16.6 Å². The summed E-state index contributed by atoms with van der Waals surface area (Å²) < 4.78 is 6.73. The van der Waals surface area contributed by atoms with Gasteiger partial charge in [0.05, 0.1) is 17.6 Å². The molecule has 0 aliphatic carbocycles. The molecular weight excluding hydrogens is 232 g/mol. The van der Waals surface area contributed by atoms with Crippen LogP contribution in [0.1, 0.15) is 24.4 Å². The lowest BCUT2D eigenvalue weighted by Gasteiger charge is -2.10. The van der Waals surface area contributed by atoms with Gasteiger partial charge in [-0.1, -0.05) is 12.1 Å². The van der Waals surface area contributed by atoms with Gasteiger partial charge in [0, 0.05) is 12.6 Å². The molecule has 0 aliphatic rings. The number of rotatable bonds is 3. The van der Waals surface area contributed by atoms with Crippen LogP contribution in [0.2, 0.25) is 0 Å². The fourth-order valence-corrected chi connectivity index (χ4v) is 1.92. The van der Waals surface area contributed by atoms with Gasteiger partial charge < -0.3 is 14.4 Å². The van der Waals surface area contributed by atoms with E-state index in [1.54, 1.807) is 19.1 Å². The first kappa shape index (κ1) is 12.6. The molecule has 5 nitrogen and oxygen atoms in total. The summed E-state index contributed by atoms with van der Waals surface area (Å²) in [4.78, 5) is 15.9. The molecule has 1 aromatic heterocycles. The molecule has 96 valence electrons. The van der Waals surface area contributed by atoms with E-state index in [1.165, 1.54) is 0 Å². The van der Waals surface area contributed by atoms with Crippen LogP contribution in [0, 0.1) is 6.92 Å². The second-order valence-electron chi connectivity index (χ2n) is 4.09. The highest BCUT2D eigenvalue weighted by Crippen LogP contribution is 2.24. The molecule has 0 aliphatic heterocycles. The molecule has 0 radical (unpaired) electrons. The summed E-state index contributed by atoms with van der Waals surface area (Å²) in [6.07, 6.45) is -1.29. The number of aliphatic hydroxyl groups is 1. The third kappa shape index (κ3) is 1.97. The predicted molar refractivity (Wildman–Crippen MR) is 67.0 cm³/mol. The van der Waals surface area contributed by atoms with Crippen molar-refractivity contribution in [2.24, 2.45) is 7.05 Å². The second-order valence-corrected chi connectivity index (χ2v) is 4.09. The zero-order valence-corrected chi connectivity index (χ0v) is 10.7. The minimum absolute atomic E-state index is 0.243. The molecule has 1 aromatic carbocycles. The number of nitrogens with zero attached hydrogens (tertiary/aromatic N) is 2. The maximum absolute atomic E-state index is 11.6. The molecule has 0 saturated heterocycles. The maximum Gasteiger partial charge on any atom is 0.339 e. The summed E-state index contributed by atoms with van der Waals surface area (Å²) in [6.45, 7) is 3.82. The Morgan fingerprint density at radius 2 is 2.28 bits per heavy atom. The number of carbonyl (C=O) groups excluding carboxylic acids is 1. The molecule has 2 rings (SSSR count). The number of aliphatic hydroxyl groups excluding tert-OH is 1. The van der Waals surface area contributed by atoms with E-state index in [1.807, 2.05) is 24.6 Å². The molecule has 0 fully saturated rings. The van der Waals surface area contributed by atoms with Gasteiger partial charge in [0.15, 0.2) is 6.10 Å². The Bertz CT molecular complexity index is 589. The monoisotopic (exact) mass is 248 g/mol. The average Bonchev–Trinajstić information content (AvgIpc) is 2.65. The lowest BCUT2D eigenvalue weighted by Crippen LogP contribution is -2.15. The summed E-state index contributed by atoms with van der Waals surface area (Å²) in [6, 6.07) is 5.38. The molecule has 0 saturated carbocycles. The molecule has 2 aromatic rings. The van der Waals surface area contributed by atoms with Gasteiger partial charge in [0.25, 0.3) is 0 Å². The number of hydrogen-bond donors (Lipinski definition) is 1. The van der Waals surface area contributed by atoms with Gasteiger partial charge in [0.1, 0.15) is 5.82 Å². The van der Waals surface area contributed by atoms with E-state index >= 15 is 0 Å². The minimum atomic E-state index is -1.29. The first-order valence-electron chi connectivity index (χ1n) is 5.83. The molecule has 1 N–H and O–H groups in total. The van der Waals surface area contributed by atoms with Gasteiger partial charge >= 0.3 is 5.97 Å². The normalized spacial score (nSPS) is 12.7. The van der Waals surface area contributed by atoms with Crippen molar-refractivity contribution in [3.63, 3.8) is 0 Å². The molecule has 18 heavy (non-hydrogen) atoms. The largest absolute Gasteiger partial charge is 0.464 e. The van der Waals surface area contributed by atoms with Crippen molar-refractivity contribution < 1.29 is 14.6 Å². The summed E-state index contributed by atoms with van der Waals surface area (Å²) >= 11 is 0. The van der Waals surface area contributed by atoms with Crippen molar-refractivity contribution in [2.75, 3.05) is 6.61 Å². The summed E-state index contributed by atoms with van der Waals surface area (Å²) in [5, 5.41) is 9.99. The van der Waals surface area contributed by atoms with E-state index in [0.717, 1.165) is 11.3 Å². The summed E-state index contributed by atoms with van der Waals surface area (Å²) in [5.41, 5.74) is 2.00. The van der Waals surface area contributed by atoms with Crippen LogP contribution in [0.15, 0.2) is 18.2 Å². The fraction of sp³-hybridized carbons (Fsp3) is 0.385. The Hall–Kier alpha value is -1.88. The summed E-state index contributed by atoms with van der Waals surface area (Å²) in [7, 11) is 1.89. The highest BCUT2D eigenvalue weighted by molar-refractivity contribution is 5.86. The maximum atomic E-state index is 11.6. The Morgan fingerprint density at radius 3 is 2.94 bits per heavy atom. The number of imidazole rings is 1. The van der Waals surface area contributed by atoms with Crippen LogP contribution in [-0.4, -0.2) is 27.2 Å². The number of para-hydroxylation sites is 1. The van der Waals surface area contributed by atoms with Crippen LogP contribution < -0.4 is 0 Å². The van der Waals surface area contributed by atoms with Crippen LogP contribution in [0.25, 0.3) is 11.0 Å². The van der Waals surface area contributed by atoms with Crippen molar-refractivity contribution in [3.8, 4) is 0 Å². The highest BCUT2D eigenvalue weighted by atomic mass is 16.5. The van der Waals surface area contributed by atoms with E-state index < -0.39 is 12.1 Å². The number of aryl methyl sites for hydroxylation is 2. The van der Waals surface area contributed by atoms with E-state index in [0.29, 0.717) is 11.1 Å². The molecule has 0 amide bonds. The van der Waals surface area contributed by atoms with E-state index in [4.69, 9.17) is 4.74 Å². The van der Waals surface area contributed by atoms with Crippen molar-refractivity contribution in [1.29, 1.82) is 0 Å². The Kier molecular flexibility index (Phi) is 3.34. The van der Waals surface area contributed by atoms with Crippen molar-refractivity contribution in [1.82, 2.24) is 9.55 Å². The Labute approximate surface area is 105 Å². The van der Waals surface area contributed by atoms with Crippen molar-refractivity contribution in [2.45, 2.75) is 20.0 Å². The van der Waals surface area contributed by atoms with Gasteiger partial charge in [-0.15, -0.1) is 0 Å². The first-order valence-corrected chi connectivity index (χ1v) is 5.83. The standard InChI is InChI=1S/C13H16N2O3/c1-4-18-13(17)12(16)9-6-5-7-10-11(9)14-8(2)15(10)3/h5-7,12,16H,4H2,1-3H3. The lowest BCUT2D eigenvalue weighted by atomic mass is 10.1. The third-order valence-corrected chi connectivity index (χ3v) is 2.97. The fourth-order valence-electron chi connectivity index (χ4n) is 1.92. The molecule has 1 atom stereocenters. The zero-order valence-electron chi connectivity index (χ0n) is 10.7. The molecule has 5 heteroatoms. The van der Waals surface area contributed by atoms with Gasteiger partial charge in [-0.05, 0) is 19.9 Å². The van der Waals surface area contributed by atoms with Crippen LogP contribution in [0.5, 0.6) is 0 Å². The van der Waals surface area contributed by atoms with Crippen molar-refractivity contribution in [3.05, 3.63) is 29.6 Å². The van der Waals surface area contributed by atoms with Crippen LogP contribution >= 0.6 is 0 Å². The lowest BCUT2D eigenvalue weighted by molar-refractivity contribution is -0.153. The number of fused-ring (bicyclic) bond motifs is 1. The van der Waals surface area contributed by atoms with Gasteiger partial charge in [-0.25, -0.2) is 9.78 Å². The zero-order chi connectivity index (χ0) is 13.3. The van der Waals surface area contributed by atoms with Crippen LogP contribution in [0.3, 0.4) is 0 Å². The van der Waals surface area contributed by atoms with Gasteiger partial charge in [-0.2, -0.15) is 0 Å². The first-order chi connectivity index (χ1) is 8.56. The number of carbonyl (C=O) groups is 1. The minimum Gasteiger partial charge on any atom is -0.464 e. The van der Waals surface area contributed by atoms with Crippen molar-refractivity contribution >= 4 is 17.0 Å². The van der Waals surface area contributed by atoms with E-state index in [2.05, 4.69) is 4.98 Å². The predicted octanol–water partition coefficient (Wildman–Crippen LogP) is 1.48. The highest BCUT2D eigenvalue weighted by Gasteiger charge is 2.22. The average molecular weight is 248 g/mol. The Morgan fingerprint density at radius 1 is 1.56 bits per heavy atom. The number of hydrogen-bond acceptors (Lipinski definition) is 4.